The molecule has 0 saturated carbocycles. The van der Waals surface area contributed by atoms with Crippen LogP contribution in [-0.4, -0.2) is 49.5 Å². The summed E-state index contributed by atoms with van der Waals surface area (Å²) in [6.45, 7) is 4.03. The number of morpholine rings is 1. The standard InChI is InChI=1S/C14H19NO3S/c1-11-9-15(7-8-18-11)14(16)10-19-13-5-3-12(17-2)4-6-13/h3-6,11H,7-10H2,1-2H3/t11-/m1/s1. The van der Waals surface area contributed by atoms with Gasteiger partial charge >= 0.3 is 0 Å². The summed E-state index contributed by atoms with van der Waals surface area (Å²) in [6, 6.07) is 7.75. The van der Waals surface area contributed by atoms with Gasteiger partial charge in [-0.05, 0) is 31.2 Å². The Morgan fingerprint density at radius 2 is 2.21 bits per heavy atom. The zero-order valence-electron chi connectivity index (χ0n) is 11.3. The molecule has 0 aromatic heterocycles. The average Bonchev–Trinajstić information content (AvgIpc) is 2.45. The maximum Gasteiger partial charge on any atom is 0.233 e. The van der Waals surface area contributed by atoms with E-state index in [1.807, 2.05) is 36.1 Å². The minimum absolute atomic E-state index is 0.142. The van der Waals surface area contributed by atoms with Gasteiger partial charge in [-0.25, -0.2) is 0 Å². The van der Waals surface area contributed by atoms with Crippen molar-refractivity contribution in [1.29, 1.82) is 0 Å². The molecule has 1 saturated heterocycles. The number of ether oxygens (including phenoxy) is 2. The van der Waals surface area contributed by atoms with Crippen LogP contribution in [0.1, 0.15) is 6.92 Å². The first-order chi connectivity index (χ1) is 9.19. The van der Waals surface area contributed by atoms with Crippen LogP contribution in [0.15, 0.2) is 29.2 Å². The third-order valence-corrected chi connectivity index (χ3v) is 4.01. The van der Waals surface area contributed by atoms with Gasteiger partial charge in [0.2, 0.25) is 5.91 Å². The van der Waals surface area contributed by atoms with Crippen molar-refractivity contribution in [2.45, 2.75) is 17.9 Å². The molecule has 1 aliphatic rings. The third-order valence-electron chi connectivity index (χ3n) is 3.02. The SMILES string of the molecule is COc1ccc(SCC(=O)N2CCO[C@H](C)C2)cc1. The minimum Gasteiger partial charge on any atom is -0.497 e. The number of hydrogen-bond acceptors (Lipinski definition) is 4. The highest BCUT2D eigenvalue weighted by atomic mass is 32.2. The number of nitrogens with zero attached hydrogens (tertiary/aromatic N) is 1. The second-order valence-electron chi connectivity index (χ2n) is 4.49. The highest BCUT2D eigenvalue weighted by Crippen LogP contribution is 2.21. The summed E-state index contributed by atoms with van der Waals surface area (Å²) in [7, 11) is 1.64. The van der Waals surface area contributed by atoms with Crippen LogP contribution in [0.4, 0.5) is 0 Å². The van der Waals surface area contributed by atoms with E-state index in [4.69, 9.17) is 9.47 Å². The lowest BCUT2D eigenvalue weighted by Gasteiger charge is -2.31. The molecule has 1 aliphatic heterocycles. The molecule has 4 nitrogen and oxygen atoms in total. The summed E-state index contributed by atoms with van der Waals surface area (Å²) in [5, 5.41) is 0. The van der Waals surface area contributed by atoms with E-state index < -0.39 is 0 Å². The Morgan fingerprint density at radius 3 is 2.84 bits per heavy atom. The topological polar surface area (TPSA) is 38.8 Å². The van der Waals surface area contributed by atoms with Crippen molar-refractivity contribution in [1.82, 2.24) is 4.90 Å². The number of rotatable bonds is 4. The van der Waals surface area contributed by atoms with Gasteiger partial charge in [0.1, 0.15) is 5.75 Å². The Balaban J connectivity index is 1.82. The van der Waals surface area contributed by atoms with Crippen molar-refractivity contribution >= 4 is 17.7 Å². The zero-order valence-corrected chi connectivity index (χ0v) is 12.1. The van der Waals surface area contributed by atoms with E-state index in [1.165, 1.54) is 0 Å². The smallest absolute Gasteiger partial charge is 0.233 e. The molecule has 0 N–H and O–H groups in total. The van der Waals surface area contributed by atoms with Crippen molar-refractivity contribution in [3.8, 4) is 5.75 Å². The normalized spacial score (nSPS) is 19.3. The summed E-state index contributed by atoms with van der Waals surface area (Å²) in [4.78, 5) is 15.0. The maximum atomic E-state index is 12.1. The number of amides is 1. The first-order valence-corrected chi connectivity index (χ1v) is 7.34. The van der Waals surface area contributed by atoms with Gasteiger partial charge in [0.05, 0.1) is 25.6 Å². The number of hydrogen-bond donors (Lipinski definition) is 0. The predicted molar refractivity (Wildman–Crippen MR) is 75.7 cm³/mol. The molecule has 0 aliphatic carbocycles. The average molecular weight is 281 g/mol. The van der Waals surface area contributed by atoms with Crippen molar-refractivity contribution < 1.29 is 14.3 Å². The van der Waals surface area contributed by atoms with Gasteiger partial charge in [-0.15, -0.1) is 11.8 Å². The Kier molecular flexibility index (Phi) is 5.10. The van der Waals surface area contributed by atoms with E-state index in [2.05, 4.69) is 0 Å². The summed E-state index contributed by atoms with van der Waals surface area (Å²) in [6.07, 6.45) is 0.142. The molecule has 1 atom stereocenters. The molecule has 1 amide bonds. The van der Waals surface area contributed by atoms with Crippen LogP contribution in [0.5, 0.6) is 5.75 Å². The first-order valence-electron chi connectivity index (χ1n) is 6.35. The van der Waals surface area contributed by atoms with Crippen molar-refractivity contribution in [2.75, 3.05) is 32.6 Å². The Labute approximate surface area is 118 Å². The molecule has 104 valence electrons. The Hall–Kier alpha value is -1.20. The van der Waals surface area contributed by atoms with Crippen LogP contribution >= 0.6 is 11.8 Å². The van der Waals surface area contributed by atoms with Gasteiger partial charge in [-0.3, -0.25) is 4.79 Å². The third kappa shape index (κ3) is 4.14. The summed E-state index contributed by atoms with van der Waals surface area (Å²) >= 11 is 1.56. The number of carbonyl (C=O) groups is 1. The number of benzene rings is 1. The van der Waals surface area contributed by atoms with Crippen LogP contribution in [0.25, 0.3) is 0 Å². The number of carbonyl (C=O) groups excluding carboxylic acids is 1. The van der Waals surface area contributed by atoms with Gasteiger partial charge in [0, 0.05) is 18.0 Å². The molecule has 0 radical (unpaired) electrons. The van der Waals surface area contributed by atoms with Crippen LogP contribution in [0, 0.1) is 0 Å². The van der Waals surface area contributed by atoms with Crippen molar-refractivity contribution in [3.05, 3.63) is 24.3 Å². The second-order valence-corrected chi connectivity index (χ2v) is 5.53. The van der Waals surface area contributed by atoms with E-state index in [-0.39, 0.29) is 12.0 Å². The predicted octanol–water partition coefficient (Wildman–Crippen LogP) is 2.03. The van der Waals surface area contributed by atoms with Crippen LogP contribution in [0.2, 0.25) is 0 Å². The van der Waals surface area contributed by atoms with Gasteiger partial charge in [-0.2, -0.15) is 0 Å². The quantitative estimate of drug-likeness (QED) is 0.792. The van der Waals surface area contributed by atoms with E-state index >= 15 is 0 Å². The molecule has 2 rings (SSSR count). The van der Waals surface area contributed by atoms with Crippen LogP contribution < -0.4 is 4.74 Å². The summed E-state index contributed by atoms with van der Waals surface area (Å²) in [5.74, 6) is 1.48. The largest absolute Gasteiger partial charge is 0.497 e. The molecule has 5 heteroatoms. The lowest BCUT2D eigenvalue weighted by atomic mass is 10.3. The molecule has 0 unspecified atom stereocenters. The highest BCUT2D eigenvalue weighted by Gasteiger charge is 2.21. The Morgan fingerprint density at radius 1 is 1.47 bits per heavy atom. The zero-order chi connectivity index (χ0) is 13.7. The lowest BCUT2D eigenvalue weighted by Crippen LogP contribution is -2.45. The first kappa shape index (κ1) is 14.2. The van der Waals surface area contributed by atoms with E-state index in [1.54, 1.807) is 18.9 Å². The molecular formula is C14H19NO3S. The van der Waals surface area contributed by atoms with Crippen LogP contribution in [-0.2, 0) is 9.53 Å². The van der Waals surface area contributed by atoms with Crippen molar-refractivity contribution in [3.63, 3.8) is 0 Å². The van der Waals surface area contributed by atoms with Crippen molar-refractivity contribution in [2.24, 2.45) is 0 Å². The minimum atomic E-state index is 0.142. The molecule has 19 heavy (non-hydrogen) atoms. The fraction of sp³-hybridized carbons (Fsp3) is 0.500. The summed E-state index contributed by atoms with van der Waals surface area (Å²) in [5.41, 5.74) is 0. The molecule has 1 aromatic carbocycles. The molecule has 1 fully saturated rings. The second kappa shape index (κ2) is 6.82. The highest BCUT2D eigenvalue weighted by molar-refractivity contribution is 8.00. The van der Waals surface area contributed by atoms with Gasteiger partial charge in [0.15, 0.2) is 0 Å². The Bertz CT molecular complexity index is 421. The van der Waals surface area contributed by atoms with Crippen LogP contribution in [0.3, 0.4) is 0 Å². The molecule has 1 aromatic rings. The summed E-state index contributed by atoms with van der Waals surface area (Å²) < 4.78 is 10.5. The molecular weight excluding hydrogens is 262 g/mol. The monoisotopic (exact) mass is 281 g/mol. The van der Waals surface area contributed by atoms with E-state index in [0.717, 1.165) is 10.6 Å². The fourth-order valence-corrected chi connectivity index (χ4v) is 2.75. The molecule has 0 bridgehead atoms. The van der Waals surface area contributed by atoms with Gasteiger partial charge in [0.25, 0.3) is 0 Å². The molecule has 0 spiro atoms. The lowest BCUT2D eigenvalue weighted by molar-refractivity contribution is -0.135. The van der Waals surface area contributed by atoms with E-state index in [0.29, 0.717) is 25.4 Å². The van der Waals surface area contributed by atoms with Gasteiger partial charge in [-0.1, -0.05) is 0 Å². The molecule has 1 heterocycles. The number of methoxy groups -OCH3 is 1. The number of thioether (sulfide) groups is 1. The fourth-order valence-electron chi connectivity index (χ4n) is 1.95. The van der Waals surface area contributed by atoms with E-state index in [9.17, 15) is 4.79 Å². The van der Waals surface area contributed by atoms with Gasteiger partial charge < -0.3 is 14.4 Å². The maximum absolute atomic E-state index is 12.1.